The molecule has 3 atom stereocenters. The van der Waals surface area contributed by atoms with E-state index in [9.17, 15) is 5.11 Å². The first-order valence-corrected chi connectivity index (χ1v) is 4.38. The molecule has 1 aliphatic heterocycles. The normalized spacial score (nSPS) is 36.9. The summed E-state index contributed by atoms with van der Waals surface area (Å²) >= 11 is 0. The Morgan fingerprint density at radius 3 is 2.43 bits per heavy atom. The molecule has 0 amide bonds. The van der Waals surface area contributed by atoms with Gasteiger partial charge in [0.05, 0.1) is 12.7 Å². The average molecular weight is 247 g/mol. The Morgan fingerprint density at radius 2 is 2.07 bits per heavy atom. The molecular weight excluding hydrogens is 227 g/mol. The number of aliphatic hydroxyl groups excluding tert-OH is 2. The SMILES string of the molecule is CC1NCCC(CN)(CO)C1O.Cl.Cl. The maximum absolute atomic E-state index is 9.79. The van der Waals surface area contributed by atoms with Gasteiger partial charge >= 0.3 is 0 Å². The van der Waals surface area contributed by atoms with E-state index in [1.807, 2.05) is 6.92 Å². The van der Waals surface area contributed by atoms with E-state index < -0.39 is 11.5 Å². The molecular formula is C8H20Cl2N2O2. The third kappa shape index (κ3) is 2.95. The summed E-state index contributed by atoms with van der Waals surface area (Å²) < 4.78 is 0. The van der Waals surface area contributed by atoms with Gasteiger partial charge in [-0.05, 0) is 19.9 Å². The van der Waals surface area contributed by atoms with Crippen LogP contribution >= 0.6 is 24.8 Å². The lowest BCUT2D eigenvalue weighted by molar-refractivity contribution is -0.0535. The van der Waals surface area contributed by atoms with Crippen LogP contribution in [0.5, 0.6) is 0 Å². The predicted molar refractivity (Wildman–Crippen MR) is 61.2 cm³/mol. The van der Waals surface area contributed by atoms with Crippen molar-refractivity contribution in [2.24, 2.45) is 11.1 Å². The van der Waals surface area contributed by atoms with Crippen LogP contribution in [0.1, 0.15) is 13.3 Å². The first-order chi connectivity index (χ1) is 5.66. The maximum Gasteiger partial charge on any atom is 0.0781 e. The van der Waals surface area contributed by atoms with Crippen molar-refractivity contribution in [2.45, 2.75) is 25.5 Å². The Hall–Kier alpha value is 0.420. The molecule has 14 heavy (non-hydrogen) atoms. The predicted octanol–water partition coefficient (Wildman–Crippen LogP) is -0.490. The summed E-state index contributed by atoms with van der Waals surface area (Å²) in [4.78, 5) is 0. The number of nitrogens with one attached hydrogen (secondary N) is 1. The van der Waals surface area contributed by atoms with E-state index in [-0.39, 0.29) is 37.5 Å². The molecule has 88 valence electrons. The standard InChI is InChI=1S/C8H18N2O2.2ClH/c1-6-7(12)8(4-9,5-11)2-3-10-6;;/h6-7,10-12H,2-5,9H2,1H3;2*1H. The van der Waals surface area contributed by atoms with E-state index in [1.54, 1.807) is 0 Å². The first-order valence-electron chi connectivity index (χ1n) is 4.38. The Morgan fingerprint density at radius 1 is 1.50 bits per heavy atom. The topological polar surface area (TPSA) is 78.5 Å². The lowest BCUT2D eigenvalue weighted by atomic mass is 9.74. The Balaban J connectivity index is 0. The summed E-state index contributed by atoms with van der Waals surface area (Å²) in [5, 5.41) is 22.1. The number of aliphatic hydroxyl groups is 2. The highest BCUT2D eigenvalue weighted by Gasteiger charge is 2.41. The molecule has 0 aromatic heterocycles. The van der Waals surface area contributed by atoms with Gasteiger partial charge in [0.25, 0.3) is 0 Å². The largest absolute Gasteiger partial charge is 0.396 e. The highest BCUT2D eigenvalue weighted by Crippen LogP contribution is 2.29. The number of halogens is 2. The third-order valence-electron chi connectivity index (χ3n) is 2.91. The van der Waals surface area contributed by atoms with Crippen LogP contribution in [0.2, 0.25) is 0 Å². The summed E-state index contributed by atoms with van der Waals surface area (Å²) in [6, 6.07) is 0.0226. The number of nitrogens with two attached hydrogens (primary N) is 1. The fourth-order valence-corrected chi connectivity index (χ4v) is 1.80. The van der Waals surface area contributed by atoms with Gasteiger partial charge in [-0.1, -0.05) is 0 Å². The summed E-state index contributed by atoms with van der Waals surface area (Å²) in [7, 11) is 0. The van der Waals surface area contributed by atoms with Crippen LogP contribution < -0.4 is 11.1 Å². The van der Waals surface area contributed by atoms with E-state index in [1.165, 1.54) is 0 Å². The molecule has 1 rings (SSSR count). The van der Waals surface area contributed by atoms with Gasteiger partial charge in [-0.2, -0.15) is 0 Å². The minimum Gasteiger partial charge on any atom is -0.396 e. The van der Waals surface area contributed by atoms with Crippen molar-refractivity contribution in [3.05, 3.63) is 0 Å². The molecule has 1 aliphatic rings. The van der Waals surface area contributed by atoms with Gasteiger partial charge in [-0.15, -0.1) is 24.8 Å². The zero-order chi connectivity index (χ0) is 9.19. The summed E-state index contributed by atoms with van der Waals surface area (Å²) in [6.45, 7) is 3.03. The number of hydrogen-bond donors (Lipinski definition) is 4. The minimum atomic E-state index is -0.541. The smallest absolute Gasteiger partial charge is 0.0781 e. The van der Waals surface area contributed by atoms with Crippen molar-refractivity contribution < 1.29 is 10.2 Å². The number of hydrogen-bond acceptors (Lipinski definition) is 4. The molecule has 1 fully saturated rings. The summed E-state index contributed by atoms with van der Waals surface area (Å²) in [5.41, 5.74) is 5.07. The highest BCUT2D eigenvalue weighted by atomic mass is 35.5. The number of rotatable bonds is 2. The lowest BCUT2D eigenvalue weighted by Gasteiger charge is -2.43. The van der Waals surface area contributed by atoms with Crippen molar-refractivity contribution in [1.82, 2.24) is 5.32 Å². The Bertz CT molecular complexity index is 156. The molecule has 0 aromatic rings. The van der Waals surface area contributed by atoms with Gasteiger partial charge in [-0.3, -0.25) is 0 Å². The fourth-order valence-electron chi connectivity index (χ4n) is 1.80. The van der Waals surface area contributed by atoms with Crippen molar-refractivity contribution in [2.75, 3.05) is 19.7 Å². The van der Waals surface area contributed by atoms with Crippen LogP contribution in [0, 0.1) is 5.41 Å². The monoisotopic (exact) mass is 246 g/mol. The first kappa shape index (κ1) is 16.8. The van der Waals surface area contributed by atoms with Crippen LogP contribution in [0.3, 0.4) is 0 Å². The quantitative estimate of drug-likeness (QED) is 0.531. The van der Waals surface area contributed by atoms with Crippen LogP contribution in [0.25, 0.3) is 0 Å². The molecule has 3 unspecified atom stereocenters. The minimum absolute atomic E-state index is 0. The third-order valence-corrected chi connectivity index (χ3v) is 2.91. The van der Waals surface area contributed by atoms with Crippen LogP contribution in [-0.2, 0) is 0 Å². The van der Waals surface area contributed by atoms with Gasteiger partial charge in [0, 0.05) is 18.0 Å². The van der Waals surface area contributed by atoms with Crippen molar-refractivity contribution in [3.8, 4) is 0 Å². The molecule has 0 aromatic carbocycles. The van der Waals surface area contributed by atoms with Gasteiger partial charge in [0.2, 0.25) is 0 Å². The molecule has 0 spiro atoms. The average Bonchev–Trinajstić information content (AvgIpc) is 2.11. The zero-order valence-corrected chi connectivity index (χ0v) is 9.90. The molecule has 1 heterocycles. The fraction of sp³-hybridized carbons (Fsp3) is 1.00. The zero-order valence-electron chi connectivity index (χ0n) is 8.27. The molecule has 5 N–H and O–H groups in total. The van der Waals surface area contributed by atoms with Gasteiger partial charge in [0.1, 0.15) is 0 Å². The second kappa shape index (κ2) is 6.82. The Labute approximate surface area is 97.1 Å². The number of piperidine rings is 1. The van der Waals surface area contributed by atoms with E-state index in [0.717, 1.165) is 13.0 Å². The molecule has 0 radical (unpaired) electrons. The van der Waals surface area contributed by atoms with Crippen molar-refractivity contribution in [3.63, 3.8) is 0 Å². The van der Waals surface area contributed by atoms with E-state index in [4.69, 9.17) is 10.8 Å². The Kier molecular flexibility index (Phi) is 8.20. The molecule has 0 aliphatic carbocycles. The second-order valence-electron chi connectivity index (χ2n) is 3.66. The van der Waals surface area contributed by atoms with Crippen LogP contribution in [0.4, 0.5) is 0 Å². The van der Waals surface area contributed by atoms with Crippen LogP contribution in [-0.4, -0.2) is 42.1 Å². The van der Waals surface area contributed by atoms with Gasteiger partial charge in [0.15, 0.2) is 0 Å². The molecule has 0 bridgehead atoms. The maximum atomic E-state index is 9.79. The molecule has 6 heteroatoms. The van der Waals surface area contributed by atoms with Gasteiger partial charge in [-0.25, -0.2) is 0 Å². The highest BCUT2D eigenvalue weighted by molar-refractivity contribution is 5.85. The molecule has 4 nitrogen and oxygen atoms in total. The van der Waals surface area contributed by atoms with E-state index in [0.29, 0.717) is 6.54 Å². The van der Waals surface area contributed by atoms with E-state index >= 15 is 0 Å². The lowest BCUT2D eigenvalue weighted by Crippen LogP contribution is -2.59. The second-order valence-corrected chi connectivity index (χ2v) is 3.66. The molecule has 0 saturated carbocycles. The molecule has 1 saturated heterocycles. The van der Waals surface area contributed by atoms with Gasteiger partial charge < -0.3 is 21.3 Å². The van der Waals surface area contributed by atoms with Crippen molar-refractivity contribution in [1.29, 1.82) is 0 Å². The summed E-state index contributed by atoms with van der Waals surface area (Å²) in [6.07, 6.45) is 0.201. The summed E-state index contributed by atoms with van der Waals surface area (Å²) in [5.74, 6) is 0. The van der Waals surface area contributed by atoms with Crippen molar-refractivity contribution >= 4 is 24.8 Å². The van der Waals surface area contributed by atoms with Crippen LogP contribution in [0.15, 0.2) is 0 Å². The van der Waals surface area contributed by atoms with E-state index in [2.05, 4.69) is 5.32 Å².